The third kappa shape index (κ3) is 2.51. The van der Waals surface area contributed by atoms with E-state index in [4.69, 9.17) is 4.98 Å². The zero-order valence-electron chi connectivity index (χ0n) is 11.4. The van der Waals surface area contributed by atoms with Crippen LogP contribution in [0.1, 0.15) is 36.7 Å². The van der Waals surface area contributed by atoms with Gasteiger partial charge >= 0.3 is 0 Å². The molecule has 1 aliphatic heterocycles. The van der Waals surface area contributed by atoms with Crippen molar-refractivity contribution in [2.45, 2.75) is 33.0 Å². The van der Waals surface area contributed by atoms with Crippen LogP contribution in [0.2, 0.25) is 0 Å². The van der Waals surface area contributed by atoms with Crippen LogP contribution in [0.3, 0.4) is 0 Å². The fourth-order valence-corrected chi connectivity index (χ4v) is 3.42. The maximum atomic E-state index is 4.78. The van der Waals surface area contributed by atoms with Crippen LogP contribution in [0.4, 0.5) is 5.13 Å². The number of aromatic nitrogens is 1. The number of rotatable bonds is 4. The maximum Gasteiger partial charge on any atom is 0.186 e. The first-order valence-corrected chi connectivity index (χ1v) is 7.66. The van der Waals surface area contributed by atoms with Crippen molar-refractivity contribution in [2.24, 2.45) is 0 Å². The summed E-state index contributed by atoms with van der Waals surface area (Å²) >= 11 is 1.75. The fourth-order valence-electron chi connectivity index (χ4n) is 2.50. The monoisotopic (exact) mass is 273 g/mol. The van der Waals surface area contributed by atoms with Crippen LogP contribution >= 0.6 is 11.3 Å². The van der Waals surface area contributed by atoms with E-state index in [2.05, 4.69) is 53.7 Å². The lowest BCUT2D eigenvalue weighted by atomic mass is 10.1. The van der Waals surface area contributed by atoms with Gasteiger partial charge in [-0.2, -0.15) is 0 Å². The summed E-state index contributed by atoms with van der Waals surface area (Å²) < 4.78 is 0. The Balaban J connectivity index is 1.75. The fraction of sp³-hybridized carbons (Fsp3) is 0.400. The van der Waals surface area contributed by atoms with Gasteiger partial charge in [0.25, 0.3) is 0 Å². The van der Waals surface area contributed by atoms with Gasteiger partial charge < -0.3 is 10.2 Å². The summed E-state index contributed by atoms with van der Waals surface area (Å²) in [7, 11) is 0. The molecule has 0 saturated carbocycles. The second kappa shape index (κ2) is 5.31. The van der Waals surface area contributed by atoms with Crippen molar-refractivity contribution in [3.8, 4) is 0 Å². The maximum absolute atomic E-state index is 4.78. The lowest BCUT2D eigenvalue weighted by Crippen LogP contribution is -2.19. The lowest BCUT2D eigenvalue weighted by molar-refractivity contribution is 0.586. The molecule has 100 valence electrons. The normalized spacial score (nSPS) is 15.6. The predicted octanol–water partition coefficient (Wildman–Crippen LogP) is 3.33. The van der Waals surface area contributed by atoms with Crippen molar-refractivity contribution in [3.63, 3.8) is 0 Å². The molecule has 1 aliphatic rings. The highest BCUT2D eigenvalue weighted by Gasteiger charge is 2.21. The summed E-state index contributed by atoms with van der Waals surface area (Å²) in [5.41, 5.74) is 4.01. The number of thiazole rings is 1. The largest absolute Gasteiger partial charge is 0.339 e. The van der Waals surface area contributed by atoms with E-state index in [0.717, 1.165) is 30.5 Å². The standard InChI is InChI=1S/C15H19N3S/c1-3-16-11(2)14-10-19-15(17-14)18-8-12-6-4-5-7-13(12)9-18/h4-7,10-11,16H,3,8-9H2,1-2H3. The van der Waals surface area contributed by atoms with E-state index in [1.165, 1.54) is 11.1 Å². The van der Waals surface area contributed by atoms with E-state index in [0.29, 0.717) is 6.04 Å². The number of hydrogen-bond donors (Lipinski definition) is 1. The number of nitrogens with one attached hydrogen (secondary N) is 1. The Hall–Kier alpha value is -1.39. The van der Waals surface area contributed by atoms with Crippen molar-refractivity contribution >= 4 is 16.5 Å². The van der Waals surface area contributed by atoms with Crippen LogP contribution in [0, 0.1) is 0 Å². The molecule has 0 amide bonds. The molecular weight excluding hydrogens is 254 g/mol. The Morgan fingerprint density at radius 1 is 1.32 bits per heavy atom. The molecule has 2 aromatic rings. The Kier molecular flexibility index (Phi) is 3.53. The van der Waals surface area contributed by atoms with Crippen molar-refractivity contribution in [2.75, 3.05) is 11.4 Å². The molecule has 4 heteroatoms. The predicted molar refractivity (Wildman–Crippen MR) is 80.5 cm³/mol. The van der Waals surface area contributed by atoms with E-state index >= 15 is 0 Å². The first kappa shape index (κ1) is 12.6. The third-order valence-corrected chi connectivity index (χ3v) is 4.49. The van der Waals surface area contributed by atoms with Crippen molar-refractivity contribution in [3.05, 3.63) is 46.5 Å². The smallest absolute Gasteiger partial charge is 0.186 e. The van der Waals surface area contributed by atoms with Crippen LogP contribution in [0.15, 0.2) is 29.6 Å². The molecule has 1 unspecified atom stereocenters. The van der Waals surface area contributed by atoms with Gasteiger partial charge in [0.1, 0.15) is 0 Å². The zero-order chi connectivity index (χ0) is 13.2. The molecule has 1 aromatic carbocycles. The van der Waals surface area contributed by atoms with E-state index in [1.807, 2.05) is 0 Å². The Morgan fingerprint density at radius 3 is 2.63 bits per heavy atom. The van der Waals surface area contributed by atoms with Crippen molar-refractivity contribution in [1.29, 1.82) is 0 Å². The minimum Gasteiger partial charge on any atom is -0.339 e. The Bertz CT molecular complexity index is 539. The second-order valence-electron chi connectivity index (χ2n) is 4.96. The number of hydrogen-bond acceptors (Lipinski definition) is 4. The summed E-state index contributed by atoms with van der Waals surface area (Å²) in [6, 6.07) is 8.99. The number of benzene rings is 1. The SMILES string of the molecule is CCNC(C)c1csc(N2Cc3ccccc3C2)n1. The van der Waals surface area contributed by atoms with Gasteiger partial charge in [-0.3, -0.25) is 0 Å². The molecule has 1 N–H and O–H groups in total. The van der Waals surface area contributed by atoms with Gasteiger partial charge in [0.15, 0.2) is 5.13 Å². The summed E-state index contributed by atoms with van der Waals surface area (Å²) in [6.45, 7) is 7.24. The van der Waals surface area contributed by atoms with Gasteiger partial charge in [-0.15, -0.1) is 11.3 Å². The minimum absolute atomic E-state index is 0.333. The summed E-state index contributed by atoms with van der Waals surface area (Å²) in [4.78, 5) is 7.13. The molecule has 0 fully saturated rings. The van der Waals surface area contributed by atoms with Crippen LogP contribution in [-0.2, 0) is 13.1 Å². The van der Waals surface area contributed by atoms with Gasteiger partial charge in [-0.05, 0) is 24.6 Å². The Morgan fingerprint density at radius 2 is 2.00 bits per heavy atom. The molecule has 2 heterocycles. The molecule has 0 saturated heterocycles. The van der Waals surface area contributed by atoms with Crippen LogP contribution < -0.4 is 10.2 Å². The molecule has 1 atom stereocenters. The van der Waals surface area contributed by atoms with E-state index in [9.17, 15) is 0 Å². The van der Waals surface area contributed by atoms with Gasteiger partial charge in [-0.25, -0.2) is 4.98 Å². The molecule has 0 aliphatic carbocycles. The zero-order valence-corrected chi connectivity index (χ0v) is 12.2. The molecule has 3 nitrogen and oxygen atoms in total. The average Bonchev–Trinajstić information content (AvgIpc) is 3.05. The second-order valence-corrected chi connectivity index (χ2v) is 5.80. The van der Waals surface area contributed by atoms with Crippen LogP contribution in [0.25, 0.3) is 0 Å². The summed E-state index contributed by atoms with van der Waals surface area (Å²) in [5, 5.41) is 6.72. The Labute approximate surface area is 118 Å². The topological polar surface area (TPSA) is 28.2 Å². The highest BCUT2D eigenvalue weighted by molar-refractivity contribution is 7.13. The average molecular weight is 273 g/mol. The molecular formula is C15H19N3S. The van der Waals surface area contributed by atoms with Crippen molar-refractivity contribution in [1.82, 2.24) is 10.3 Å². The van der Waals surface area contributed by atoms with Gasteiger partial charge in [0.2, 0.25) is 0 Å². The van der Waals surface area contributed by atoms with Crippen LogP contribution in [-0.4, -0.2) is 11.5 Å². The number of fused-ring (bicyclic) bond motifs is 1. The van der Waals surface area contributed by atoms with Gasteiger partial charge in [-0.1, -0.05) is 31.2 Å². The highest BCUT2D eigenvalue weighted by Crippen LogP contribution is 2.31. The quantitative estimate of drug-likeness (QED) is 0.926. The lowest BCUT2D eigenvalue weighted by Gasteiger charge is -2.13. The molecule has 19 heavy (non-hydrogen) atoms. The van der Waals surface area contributed by atoms with Gasteiger partial charge in [0, 0.05) is 24.5 Å². The van der Waals surface area contributed by atoms with E-state index in [-0.39, 0.29) is 0 Å². The first-order valence-electron chi connectivity index (χ1n) is 6.78. The minimum atomic E-state index is 0.333. The number of nitrogens with zero attached hydrogens (tertiary/aromatic N) is 2. The summed E-state index contributed by atoms with van der Waals surface area (Å²) in [5.74, 6) is 0. The molecule has 0 bridgehead atoms. The molecule has 1 aromatic heterocycles. The summed E-state index contributed by atoms with van der Waals surface area (Å²) in [6.07, 6.45) is 0. The first-order chi connectivity index (χ1) is 9.28. The molecule has 0 spiro atoms. The molecule has 3 rings (SSSR count). The third-order valence-electron chi connectivity index (χ3n) is 3.58. The number of anilines is 1. The van der Waals surface area contributed by atoms with Crippen LogP contribution in [0.5, 0.6) is 0 Å². The van der Waals surface area contributed by atoms with Crippen molar-refractivity contribution < 1.29 is 0 Å². The van der Waals surface area contributed by atoms with Gasteiger partial charge in [0.05, 0.1) is 5.69 Å². The van der Waals surface area contributed by atoms with E-state index < -0.39 is 0 Å². The molecule has 0 radical (unpaired) electrons. The highest BCUT2D eigenvalue weighted by atomic mass is 32.1. The van der Waals surface area contributed by atoms with E-state index in [1.54, 1.807) is 11.3 Å².